The number of esters is 1. The van der Waals surface area contributed by atoms with Crippen LogP contribution in [0.2, 0.25) is 0 Å². The number of carbonyl (C=O) groups is 9. The van der Waals surface area contributed by atoms with Crippen LogP contribution in [-0.4, -0.2) is 128 Å². The van der Waals surface area contributed by atoms with E-state index >= 15 is 0 Å². The van der Waals surface area contributed by atoms with Crippen LogP contribution in [0.4, 0.5) is 0 Å². The van der Waals surface area contributed by atoms with Gasteiger partial charge in [-0.2, -0.15) is 0 Å². The van der Waals surface area contributed by atoms with Crippen molar-refractivity contribution in [2.24, 2.45) is 0 Å². The van der Waals surface area contributed by atoms with Crippen LogP contribution in [0.1, 0.15) is 257 Å². The van der Waals surface area contributed by atoms with Gasteiger partial charge in [0.2, 0.25) is 47.3 Å². The first kappa shape index (κ1) is 73.6. The van der Waals surface area contributed by atoms with Crippen LogP contribution in [0.15, 0.2) is 30.3 Å². The van der Waals surface area contributed by atoms with Gasteiger partial charge in [-0.1, -0.05) is 237 Å². The lowest BCUT2D eigenvalue weighted by Crippen LogP contribution is -2.51. The van der Waals surface area contributed by atoms with Crippen molar-refractivity contribution < 1.29 is 47.9 Å². The topological polar surface area (TPSA) is 242 Å². The molecule has 1 aliphatic heterocycles. The lowest BCUT2D eigenvalue weighted by Gasteiger charge is -2.24. The molecule has 0 saturated carbocycles. The van der Waals surface area contributed by atoms with Gasteiger partial charge >= 0.3 is 5.97 Å². The molecule has 8 amide bonds. The number of likely N-dealkylation sites (tertiary alicyclic amines) is 1. The van der Waals surface area contributed by atoms with Gasteiger partial charge in [0.1, 0.15) is 19.2 Å². The number of benzene rings is 1. The molecule has 0 aromatic heterocycles. The molecule has 1 saturated heterocycles. The molecule has 1 aliphatic rings. The minimum atomic E-state index is -0.875. The van der Waals surface area contributed by atoms with Crippen molar-refractivity contribution in [2.45, 2.75) is 264 Å². The van der Waals surface area contributed by atoms with Crippen LogP contribution in [0.3, 0.4) is 0 Å². The average molecular weight is 1170 g/mol. The fourth-order valence-corrected chi connectivity index (χ4v) is 10.4. The molecule has 1 aromatic rings. The van der Waals surface area contributed by atoms with Gasteiger partial charge in [-0.05, 0) is 37.7 Å². The Kier molecular flexibility index (Phi) is 45.1. The summed E-state index contributed by atoms with van der Waals surface area (Å²) in [6.07, 6.45) is 43.2. The zero-order valence-corrected chi connectivity index (χ0v) is 51.7. The predicted octanol–water partition coefficient (Wildman–Crippen LogP) is 9.94. The van der Waals surface area contributed by atoms with Gasteiger partial charge in [-0.3, -0.25) is 43.2 Å². The number of ether oxygens (including phenoxy) is 1. The van der Waals surface area contributed by atoms with Crippen molar-refractivity contribution in [2.75, 3.05) is 58.9 Å². The van der Waals surface area contributed by atoms with E-state index in [9.17, 15) is 43.2 Å². The number of hydrogen-bond donors (Lipinski definition) is 6. The van der Waals surface area contributed by atoms with Crippen LogP contribution in [-0.2, 0) is 54.5 Å². The Labute approximate surface area is 499 Å². The molecule has 1 heterocycles. The average Bonchev–Trinajstić information content (AvgIpc) is 4.10. The molecule has 1 fully saturated rings. The van der Waals surface area contributed by atoms with E-state index in [1.54, 1.807) is 12.1 Å². The van der Waals surface area contributed by atoms with E-state index in [0.717, 1.165) is 44.3 Å². The van der Waals surface area contributed by atoms with E-state index in [2.05, 4.69) is 45.7 Å². The minimum Gasteiger partial charge on any atom is -0.460 e. The molecule has 0 unspecified atom stereocenters. The third-order valence-electron chi connectivity index (χ3n) is 15.5. The van der Waals surface area contributed by atoms with E-state index in [4.69, 9.17) is 4.74 Å². The largest absolute Gasteiger partial charge is 0.460 e. The number of amides is 8. The maximum absolute atomic E-state index is 13.5. The summed E-state index contributed by atoms with van der Waals surface area (Å²) in [5.74, 6) is -4.59. The Bertz CT molecular complexity index is 1900. The molecule has 2 rings (SSSR count). The monoisotopic (exact) mass is 1160 g/mol. The first-order valence-corrected chi connectivity index (χ1v) is 32.8. The Balaban J connectivity index is 1.63. The zero-order valence-electron chi connectivity index (χ0n) is 51.7. The van der Waals surface area contributed by atoms with Crippen molar-refractivity contribution in [1.82, 2.24) is 41.7 Å². The van der Waals surface area contributed by atoms with Crippen molar-refractivity contribution in [1.29, 1.82) is 0 Å². The summed E-state index contributed by atoms with van der Waals surface area (Å²) < 4.78 is 5.10. The first-order valence-electron chi connectivity index (χ1n) is 32.8. The second kappa shape index (κ2) is 50.9. The maximum atomic E-state index is 13.5. The van der Waals surface area contributed by atoms with Gasteiger partial charge in [0, 0.05) is 32.5 Å². The Morgan fingerprint density at radius 1 is 0.434 bits per heavy atom. The molecule has 18 heteroatoms. The molecule has 18 nitrogen and oxygen atoms in total. The van der Waals surface area contributed by atoms with E-state index in [1.807, 2.05) is 23.1 Å². The van der Waals surface area contributed by atoms with Crippen molar-refractivity contribution in [3.63, 3.8) is 0 Å². The van der Waals surface area contributed by atoms with Crippen LogP contribution in [0.5, 0.6) is 0 Å². The molecule has 0 aliphatic carbocycles. The number of rotatable bonds is 53. The number of nitrogens with zero attached hydrogens (tertiary/aromatic N) is 2. The second-order valence-electron chi connectivity index (χ2n) is 22.8. The molecule has 6 N–H and O–H groups in total. The minimum absolute atomic E-state index is 0.0549. The van der Waals surface area contributed by atoms with E-state index in [0.29, 0.717) is 19.3 Å². The van der Waals surface area contributed by atoms with E-state index in [-0.39, 0.29) is 50.9 Å². The standard InChI is InChI=1S/C65H112N8O10/c1-3-5-7-9-11-13-15-17-19-21-23-25-27-29-31-36-45-72(46-37-32-30-28-26-24-22-20-18-16-14-12-10-8-6-4-2)62(79)44-38-43-57(74)66-48-58(75)67-49-59(76)69-52-63(80)73-47-39-42-56(73)65(82)71-51-61(78)68-50-60(77)70-53-64(81)83-54-55-40-34-33-35-41-55/h33-35,40-41,56H,3-32,36-39,42-54H2,1-2H3,(H,66,74)(H,67,75)(H,68,78)(H,69,76)(H,70,77)(H,71,82)/t56-/m0/s1. The van der Waals surface area contributed by atoms with E-state index < -0.39 is 73.6 Å². The summed E-state index contributed by atoms with van der Waals surface area (Å²) in [6.45, 7) is 3.82. The van der Waals surface area contributed by atoms with E-state index in [1.165, 1.54) is 185 Å². The van der Waals surface area contributed by atoms with Crippen molar-refractivity contribution in [3.05, 3.63) is 35.9 Å². The summed E-state index contributed by atoms with van der Waals surface area (Å²) in [6, 6.07) is 8.16. The highest BCUT2D eigenvalue weighted by Crippen LogP contribution is 2.19. The third-order valence-corrected chi connectivity index (χ3v) is 15.5. The van der Waals surface area contributed by atoms with Crippen LogP contribution in [0.25, 0.3) is 0 Å². The van der Waals surface area contributed by atoms with Crippen molar-refractivity contribution in [3.8, 4) is 0 Å². The summed E-state index contributed by atoms with van der Waals surface area (Å²) in [4.78, 5) is 117. The maximum Gasteiger partial charge on any atom is 0.325 e. The normalized spacial score (nSPS) is 12.8. The van der Waals surface area contributed by atoms with Gasteiger partial charge in [-0.15, -0.1) is 0 Å². The molecular weight excluding hydrogens is 1050 g/mol. The quantitative estimate of drug-likeness (QED) is 0.0266. The summed E-state index contributed by atoms with van der Waals surface area (Å²) in [5.41, 5.74) is 0.792. The molecule has 0 bridgehead atoms. The summed E-state index contributed by atoms with van der Waals surface area (Å²) in [7, 11) is 0. The van der Waals surface area contributed by atoms with Crippen LogP contribution in [0, 0.1) is 0 Å². The Morgan fingerprint density at radius 3 is 1.24 bits per heavy atom. The molecule has 0 radical (unpaired) electrons. The summed E-state index contributed by atoms with van der Waals surface area (Å²) >= 11 is 0. The molecular formula is C65H112N8O10. The lowest BCUT2D eigenvalue weighted by atomic mass is 10.0. The number of carbonyl (C=O) groups excluding carboxylic acids is 9. The van der Waals surface area contributed by atoms with Gasteiger partial charge in [0.25, 0.3) is 0 Å². The smallest absolute Gasteiger partial charge is 0.325 e. The summed E-state index contributed by atoms with van der Waals surface area (Å²) in [5, 5.41) is 14.6. The molecule has 83 heavy (non-hydrogen) atoms. The van der Waals surface area contributed by atoms with Crippen molar-refractivity contribution >= 4 is 53.2 Å². The third kappa shape index (κ3) is 41.2. The van der Waals surface area contributed by atoms with Gasteiger partial charge in [0.05, 0.1) is 32.7 Å². The predicted molar refractivity (Wildman–Crippen MR) is 329 cm³/mol. The molecule has 1 aromatic carbocycles. The van der Waals surface area contributed by atoms with Crippen LogP contribution >= 0.6 is 0 Å². The fourth-order valence-electron chi connectivity index (χ4n) is 10.4. The fraction of sp³-hybridized carbons (Fsp3) is 0.769. The van der Waals surface area contributed by atoms with Gasteiger partial charge in [0.15, 0.2) is 0 Å². The number of hydrogen-bond acceptors (Lipinski definition) is 10. The zero-order chi connectivity index (χ0) is 60.2. The highest BCUT2D eigenvalue weighted by atomic mass is 16.5. The van der Waals surface area contributed by atoms with Crippen LogP contribution < -0.4 is 31.9 Å². The Hall–Kier alpha value is -5.55. The van der Waals surface area contributed by atoms with Gasteiger partial charge < -0.3 is 46.4 Å². The second-order valence-corrected chi connectivity index (χ2v) is 22.8. The highest BCUT2D eigenvalue weighted by molar-refractivity contribution is 5.94. The lowest BCUT2D eigenvalue weighted by molar-refractivity contribution is -0.145. The molecule has 472 valence electrons. The number of unbranched alkanes of at least 4 members (excludes halogenated alkanes) is 30. The first-order chi connectivity index (χ1) is 40.4. The molecule has 1 atom stereocenters. The number of nitrogens with one attached hydrogen (secondary N) is 6. The van der Waals surface area contributed by atoms with Gasteiger partial charge in [-0.25, -0.2) is 0 Å². The Morgan fingerprint density at radius 2 is 0.807 bits per heavy atom. The highest BCUT2D eigenvalue weighted by Gasteiger charge is 2.34. The SMILES string of the molecule is CCCCCCCCCCCCCCCCCCN(CCCCCCCCCCCCCCCCCC)C(=O)CCCC(=O)NCC(=O)NCC(=O)NCC(=O)N1CCC[C@H]1C(=O)NCC(=O)NCC(=O)NCC(=O)OCc1ccccc1. The molecule has 0 spiro atoms.